The van der Waals surface area contributed by atoms with Crippen molar-refractivity contribution in [2.75, 3.05) is 19.7 Å². The normalized spacial score (nSPS) is 25.5. The van der Waals surface area contributed by atoms with Crippen LogP contribution in [0.4, 0.5) is 4.79 Å². The van der Waals surface area contributed by atoms with E-state index in [4.69, 9.17) is 4.74 Å². The fraction of sp³-hybridized carbons (Fsp3) is 0.769. The van der Waals surface area contributed by atoms with E-state index in [-0.39, 0.29) is 6.09 Å². The van der Waals surface area contributed by atoms with Crippen molar-refractivity contribution < 1.29 is 9.53 Å². The van der Waals surface area contributed by atoms with Gasteiger partial charge in [-0.05, 0) is 38.5 Å². The summed E-state index contributed by atoms with van der Waals surface area (Å²) < 4.78 is 5.36. The number of nitrogens with zero attached hydrogens (tertiary/aromatic N) is 1. The molecule has 1 aliphatic heterocycles. The summed E-state index contributed by atoms with van der Waals surface area (Å²) in [6, 6.07) is 0. The minimum absolute atomic E-state index is 0.112. The van der Waals surface area contributed by atoms with Crippen molar-refractivity contribution in [1.82, 2.24) is 4.90 Å². The van der Waals surface area contributed by atoms with Crippen LogP contribution in [0.3, 0.4) is 0 Å². The number of likely N-dealkylation sites (tertiary alicyclic amines) is 1. The number of carbonyl (C=O) groups excluding carboxylic acids is 1. The third kappa shape index (κ3) is 3.26. The molecule has 0 spiro atoms. The molecule has 1 unspecified atom stereocenters. The number of amides is 1. The van der Waals surface area contributed by atoms with Gasteiger partial charge in [0.25, 0.3) is 0 Å². The number of carbonyl (C=O) groups is 1. The summed E-state index contributed by atoms with van der Waals surface area (Å²) in [5.74, 6) is 0.447. The lowest BCUT2D eigenvalue weighted by Gasteiger charge is -2.26. The summed E-state index contributed by atoms with van der Waals surface area (Å²) >= 11 is 0. The average Bonchev–Trinajstić information content (AvgIpc) is 2.38. The number of rotatable bonds is 2. The maximum atomic E-state index is 11.7. The SMILES string of the molecule is O=C(OCC1C=CCCC1)N1CCCCC1. The topological polar surface area (TPSA) is 29.5 Å². The Bertz CT molecular complexity index is 257. The second-order valence-corrected chi connectivity index (χ2v) is 4.74. The number of piperidine rings is 1. The van der Waals surface area contributed by atoms with Crippen molar-refractivity contribution in [3.8, 4) is 0 Å². The Kier molecular flexibility index (Phi) is 4.25. The van der Waals surface area contributed by atoms with E-state index in [0.717, 1.165) is 32.4 Å². The van der Waals surface area contributed by atoms with Crippen molar-refractivity contribution in [1.29, 1.82) is 0 Å². The predicted octanol–water partition coefficient (Wildman–Crippen LogP) is 2.97. The van der Waals surface area contributed by atoms with Gasteiger partial charge in [0.05, 0.1) is 6.61 Å². The highest BCUT2D eigenvalue weighted by Crippen LogP contribution is 2.18. The Hall–Kier alpha value is -0.990. The lowest BCUT2D eigenvalue weighted by molar-refractivity contribution is 0.0851. The maximum absolute atomic E-state index is 11.7. The van der Waals surface area contributed by atoms with E-state index in [0.29, 0.717) is 12.5 Å². The first-order valence-corrected chi connectivity index (χ1v) is 6.44. The molecule has 1 fully saturated rings. The van der Waals surface area contributed by atoms with E-state index in [1.54, 1.807) is 0 Å². The first kappa shape index (κ1) is 11.5. The summed E-state index contributed by atoms with van der Waals surface area (Å²) in [5, 5.41) is 0. The Labute approximate surface area is 97.5 Å². The van der Waals surface area contributed by atoms with Crippen LogP contribution in [-0.2, 0) is 4.74 Å². The summed E-state index contributed by atoms with van der Waals surface area (Å²) in [6.07, 6.45) is 11.3. The standard InChI is InChI=1S/C13H21NO2/c15-13(14-9-5-2-6-10-14)16-11-12-7-3-1-4-8-12/h3,7,12H,1-2,4-6,8-11H2. The minimum Gasteiger partial charge on any atom is -0.449 e. The van der Waals surface area contributed by atoms with Crippen LogP contribution in [0.15, 0.2) is 12.2 Å². The zero-order valence-corrected chi connectivity index (χ0v) is 9.86. The van der Waals surface area contributed by atoms with Crippen molar-refractivity contribution in [3.05, 3.63) is 12.2 Å². The zero-order valence-electron chi connectivity index (χ0n) is 9.86. The molecule has 1 amide bonds. The summed E-state index contributed by atoms with van der Waals surface area (Å²) in [4.78, 5) is 13.6. The summed E-state index contributed by atoms with van der Waals surface area (Å²) in [6.45, 7) is 2.31. The molecule has 1 heterocycles. The van der Waals surface area contributed by atoms with Crippen molar-refractivity contribution in [2.24, 2.45) is 5.92 Å². The second-order valence-electron chi connectivity index (χ2n) is 4.74. The fourth-order valence-electron chi connectivity index (χ4n) is 2.37. The van der Waals surface area contributed by atoms with Crippen LogP contribution < -0.4 is 0 Å². The van der Waals surface area contributed by atoms with Gasteiger partial charge in [-0.3, -0.25) is 0 Å². The van der Waals surface area contributed by atoms with Crippen molar-refractivity contribution >= 4 is 6.09 Å². The molecule has 0 radical (unpaired) electrons. The molecule has 0 N–H and O–H groups in total. The highest BCUT2D eigenvalue weighted by atomic mass is 16.6. The first-order valence-electron chi connectivity index (χ1n) is 6.44. The molecule has 1 aliphatic carbocycles. The van der Waals surface area contributed by atoms with Crippen LogP contribution >= 0.6 is 0 Å². The van der Waals surface area contributed by atoms with Gasteiger partial charge >= 0.3 is 6.09 Å². The monoisotopic (exact) mass is 223 g/mol. The highest BCUT2D eigenvalue weighted by molar-refractivity contribution is 5.67. The molecule has 0 saturated carbocycles. The lowest BCUT2D eigenvalue weighted by Crippen LogP contribution is -2.36. The van der Waals surface area contributed by atoms with Crippen LogP contribution in [0, 0.1) is 5.92 Å². The molecule has 16 heavy (non-hydrogen) atoms. The lowest BCUT2D eigenvalue weighted by atomic mass is 9.97. The second kappa shape index (κ2) is 5.92. The summed E-state index contributed by atoms with van der Waals surface area (Å²) in [5.41, 5.74) is 0. The Morgan fingerprint density at radius 3 is 2.75 bits per heavy atom. The van der Waals surface area contributed by atoms with E-state index in [2.05, 4.69) is 12.2 Å². The van der Waals surface area contributed by atoms with Gasteiger partial charge in [-0.15, -0.1) is 0 Å². The van der Waals surface area contributed by atoms with E-state index in [9.17, 15) is 4.79 Å². The Morgan fingerprint density at radius 1 is 1.25 bits per heavy atom. The molecule has 0 aromatic rings. The molecular weight excluding hydrogens is 202 g/mol. The molecule has 1 saturated heterocycles. The van der Waals surface area contributed by atoms with Crippen molar-refractivity contribution in [2.45, 2.75) is 38.5 Å². The van der Waals surface area contributed by atoms with Crippen LogP contribution in [0.1, 0.15) is 38.5 Å². The van der Waals surface area contributed by atoms with Crippen LogP contribution in [0.25, 0.3) is 0 Å². The predicted molar refractivity (Wildman–Crippen MR) is 63.3 cm³/mol. The van der Waals surface area contributed by atoms with Gasteiger partial charge in [0.1, 0.15) is 0 Å². The van der Waals surface area contributed by atoms with Gasteiger partial charge in [-0.25, -0.2) is 4.79 Å². The average molecular weight is 223 g/mol. The van der Waals surface area contributed by atoms with E-state index < -0.39 is 0 Å². The number of allylic oxidation sites excluding steroid dienone is 1. The zero-order chi connectivity index (χ0) is 11.2. The van der Waals surface area contributed by atoms with Gasteiger partial charge in [-0.1, -0.05) is 12.2 Å². The number of hydrogen-bond acceptors (Lipinski definition) is 2. The quantitative estimate of drug-likeness (QED) is 0.673. The molecule has 3 heteroatoms. The van der Waals surface area contributed by atoms with Gasteiger partial charge in [0.15, 0.2) is 0 Å². The largest absolute Gasteiger partial charge is 0.449 e. The van der Waals surface area contributed by atoms with Crippen LogP contribution in [-0.4, -0.2) is 30.7 Å². The Morgan fingerprint density at radius 2 is 2.06 bits per heavy atom. The molecule has 2 aliphatic rings. The molecule has 3 nitrogen and oxygen atoms in total. The number of ether oxygens (including phenoxy) is 1. The van der Waals surface area contributed by atoms with Gasteiger partial charge in [0.2, 0.25) is 0 Å². The Balaban J connectivity index is 1.70. The smallest absolute Gasteiger partial charge is 0.409 e. The molecule has 0 bridgehead atoms. The van der Waals surface area contributed by atoms with E-state index >= 15 is 0 Å². The minimum atomic E-state index is -0.112. The first-order chi connectivity index (χ1) is 7.86. The molecule has 0 aromatic carbocycles. The van der Waals surface area contributed by atoms with Gasteiger partial charge in [-0.2, -0.15) is 0 Å². The summed E-state index contributed by atoms with van der Waals surface area (Å²) in [7, 11) is 0. The third-order valence-electron chi connectivity index (χ3n) is 3.39. The molecular formula is C13H21NO2. The highest BCUT2D eigenvalue weighted by Gasteiger charge is 2.19. The van der Waals surface area contributed by atoms with Crippen LogP contribution in [0.2, 0.25) is 0 Å². The van der Waals surface area contributed by atoms with Crippen LogP contribution in [0.5, 0.6) is 0 Å². The van der Waals surface area contributed by atoms with E-state index in [1.807, 2.05) is 4.90 Å². The van der Waals surface area contributed by atoms with Gasteiger partial charge < -0.3 is 9.64 Å². The van der Waals surface area contributed by atoms with Crippen molar-refractivity contribution in [3.63, 3.8) is 0 Å². The molecule has 90 valence electrons. The fourth-order valence-corrected chi connectivity index (χ4v) is 2.37. The third-order valence-corrected chi connectivity index (χ3v) is 3.39. The van der Waals surface area contributed by atoms with E-state index in [1.165, 1.54) is 19.3 Å². The number of hydrogen-bond donors (Lipinski definition) is 0. The molecule has 1 atom stereocenters. The van der Waals surface area contributed by atoms with Gasteiger partial charge in [0, 0.05) is 19.0 Å². The molecule has 2 rings (SSSR count). The maximum Gasteiger partial charge on any atom is 0.409 e. The molecule has 0 aromatic heterocycles.